The van der Waals surface area contributed by atoms with Gasteiger partial charge in [-0.2, -0.15) is 13.2 Å². The van der Waals surface area contributed by atoms with E-state index in [1.54, 1.807) is 0 Å². The predicted octanol–water partition coefficient (Wildman–Crippen LogP) is 5.49. The van der Waals surface area contributed by atoms with Crippen molar-refractivity contribution in [2.24, 2.45) is 0 Å². The lowest BCUT2D eigenvalue weighted by molar-refractivity contribution is -0.192. The first-order valence-electron chi connectivity index (χ1n) is 12.0. The van der Waals surface area contributed by atoms with Crippen LogP contribution in [0.2, 0.25) is 0 Å². The van der Waals surface area contributed by atoms with Gasteiger partial charge in [0.05, 0.1) is 5.52 Å². The van der Waals surface area contributed by atoms with Gasteiger partial charge in [-0.05, 0) is 43.3 Å². The third-order valence-corrected chi connectivity index (χ3v) is 5.89. The number of nitrogens with zero attached hydrogens (tertiary/aromatic N) is 2. The molecule has 3 aromatic carbocycles. The van der Waals surface area contributed by atoms with Crippen molar-refractivity contribution in [2.45, 2.75) is 12.6 Å². The molecule has 1 fully saturated rings. The topological polar surface area (TPSA) is 83.8 Å². The molecule has 1 aromatic heterocycles. The quantitative estimate of drug-likeness (QED) is 0.368. The van der Waals surface area contributed by atoms with Crippen molar-refractivity contribution < 1.29 is 32.6 Å². The summed E-state index contributed by atoms with van der Waals surface area (Å²) in [7, 11) is 0. The van der Waals surface area contributed by atoms with E-state index in [-0.39, 0.29) is 5.91 Å². The lowest BCUT2D eigenvalue weighted by Gasteiger charge is -2.21. The van der Waals surface area contributed by atoms with Crippen LogP contribution in [0.1, 0.15) is 16.8 Å². The van der Waals surface area contributed by atoms with Gasteiger partial charge in [-0.3, -0.25) is 9.36 Å². The number of aromatic nitrogens is 1. The number of aliphatic carboxylic acids is 1. The number of alkyl halides is 3. The molecule has 7 nitrogen and oxygen atoms in total. The van der Waals surface area contributed by atoms with E-state index in [1.165, 1.54) is 0 Å². The molecule has 0 aliphatic carbocycles. The minimum atomic E-state index is -5.08. The fraction of sp³-hybridized carbons (Fsp3) is 0.214. The molecule has 2 heterocycles. The summed E-state index contributed by atoms with van der Waals surface area (Å²) in [6.45, 7) is 3.16. The fourth-order valence-electron chi connectivity index (χ4n) is 4.16. The van der Waals surface area contributed by atoms with E-state index in [2.05, 4.69) is 5.32 Å². The molecule has 1 amide bonds. The zero-order valence-electron chi connectivity index (χ0n) is 20.3. The van der Waals surface area contributed by atoms with E-state index in [0.717, 1.165) is 42.6 Å². The Balaban J connectivity index is 0.000000426. The number of fused-ring (bicyclic) bond motifs is 1. The van der Waals surface area contributed by atoms with Gasteiger partial charge in [0.1, 0.15) is 11.3 Å². The van der Waals surface area contributed by atoms with Gasteiger partial charge in [0.25, 0.3) is 5.91 Å². The number of carbonyl (C=O) groups is 2. The zero-order valence-corrected chi connectivity index (χ0v) is 20.3. The van der Waals surface area contributed by atoms with Gasteiger partial charge in [-0.15, -0.1) is 0 Å². The highest BCUT2D eigenvalue weighted by atomic mass is 19.4. The molecule has 0 unspecified atom stereocenters. The van der Waals surface area contributed by atoms with Crippen LogP contribution >= 0.6 is 0 Å². The largest absolute Gasteiger partial charge is 0.490 e. The Kier molecular flexibility index (Phi) is 8.32. The predicted molar refractivity (Wildman–Crippen MR) is 137 cm³/mol. The maximum absolute atomic E-state index is 13.8. The highest BCUT2D eigenvalue weighted by Gasteiger charge is 2.38. The Morgan fingerprint density at radius 3 is 2.11 bits per heavy atom. The van der Waals surface area contributed by atoms with E-state index in [1.807, 2.05) is 94.4 Å². The van der Waals surface area contributed by atoms with Crippen molar-refractivity contribution in [1.82, 2.24) is 14.8 Å². The molecule has 38 heavy (non-hydrogen) atoms. The third kappa shape index (κ3) is 6.15. The Morgan fingerprint density at radius 1 is 0.842 bits per heavy atom. The summed E-state index contributed by atoms with van der Waals surface area (Å²) in [5.41, 5.74) is 2.53. The van der Waals surface area contributed by atoms with Crippen molar-refractivity contribution >= 4 is 22.8 Å². The summed E-state index contributed by atoms with van der Waals surface area (Å²) in [5.74, 6) is -1.48. The SMILES string of the molecule is O=C(O)C(F)(F)F.O=C(c1c(Oc2ccccc2)n(-c2ccccc2)c2ccccc12)N1CCCNCC1. The molecule has 2 N–H and O–H groups in total. The molecule has 0 saturated carbocycles. The van der Waals surface area contributed by atoms with Crippen LogP contribution in [0, 0.1) is 0 Å². The number of rotatable bonds is 4. The Morgan fingerprint density at radius 2 is 1.45 bits per heavy atom. The highest BCUT2D eigenvalue weighted by molar-refractivity contribution is 6.10. The molecule has 4 aromatic rings. The summed E-state index contributed by atoms with van der Waals surface area (Å²) < 4.78 is 40.2. The van der Waals surface area contributed by atoms with Crippen LogP contribution in [0.25, 0.3) is 16.6 Å². The number of nitrogens with one attached hydrogen (secondary N) is 1. The van der Waals surface area contributed by atoms with E-state index < -0.39 is 12.1 Å². The number of carboxylic acid groups (broad SMARTS) is 1. The van der Waals surface area contributed by atoms with Crippen molar-refractivity contribution in [3.8, 4) is 17.3 Å². The third-order valence-electron chi connectivity index (χ3n) is 5.89. The van der Waals surface area contributed by atoms with Gasteiger partial charge in [0.2, 0.25) is 5.88 Å². The second-order valence-corrected chi connectivity index (χ2v) is 8.48. The molecule has 198 valence electrons. The van der Waals surface area contributed by atoms with Crippen LogP contribution in [0.3, 0.4) is 0 Å². The van der Waals surface area contributed by atoms with E-state index in [0.29, 0.717) is 23.7 Å². The molecular formula is C28H26F3N3O4. The standard InChI is InChI=1S/C26H25N3O2.C2HF3O2/c30-25(28-18-9-16-27-17-19-28)24-22-14-7-8-15-23(22)29(20-10-3-1-4-11-20)26(24)31-21-12-5-2-6-13-21;3-2(4,5)1(6)7/h1-8,10-15,27H,9,16-19H2;(H,6,7). The summed E-state index contributed by atoms with van der Waals surface area (Å²) in [6.07, 6.45) is -4.14. The molecule has 10 heteroatoms. The van der Waals surface area contributed by atoms with Crippen molar-refractivity contribution in [3.05, 3.63) is 90.5 Å². The molecule has 1 saturated heterocycles. The van der Waals surface area contributed by atoms with Crippen LogP contribution < -0.4 is 10.1 Å². The van der Waals surface area contributed by atoms with Crippen molar-refractivity contribution in [2.75, 3.05) is 26.2 Å². The van der Waals surface area contributed by atoms with E-state index in [4.69, 9.17) is 14.6 Å². The van der Waals surface area contributed by atoms with Crippen LogP contribution in [0.15, 0.2) is 84.9 Å². The number of hydrogen-bond acceptors (Lipinski definition) is 4. The van der Waals surface area contributed by atoms with Gasteiger partial charge < -0.3 is 20.1 Å². The highest BCUT2D eigenvalue weighted by Crippen LogP contribution is 2.38. The van der Waals surface area contributed by atoms with Crippen molar-refractivity contribution in [3.63, 3.8) is 0 Å². The van der Waals surface area contributed by atoms with Gasteiger partial charge in [-0.25, -0.2) is 4.79 Å². The average molecular weight is 526 g/mol. The van der Waals surface area contributed by atoms with Gasteiger partial charge in [0.15, 0.2) is 0 Å². The number of hydrogen-bond donors (Lipinski definition) is 2. The minimum absolute atomic E-state index is 0.0144. The fourth-order valence-corrected chi connectivity index (χ4v) is 4.16. The Labute approximate surface area is 217 Å². The molecule has 1 aliphatic heterocycles. The summed E-state index contributed by atoms with van der Waals surface area (Å²) in [4.78, 5) is 24.7. The van der Waals surface area contributed by atoms with Crippen LogP contribution in [-0.2, 0) is 4.79 Å². The van der Waals surface area contributed by atoms with Crippen LogP contribution in [0.5, 0.6) is 11.6 Å². The number of benzene rings is 3. The lowest BCUT2D eigenvalue weighted by Crippen LogP contribution is -2.34. The Hall–Kier alpha value is -4.31. The van der Waals surface area contributed by atoms with Crippen LogP contribution in [-0.4, -0.2) is 58.8 Å². The second-order valence-electron chi connectivity index (χ2n) is 8.48. The van der Waals surface area contributed by atoms with Gasteiger partial charge in [0, 0.05) is 30.7 Å². The lowest BCUT2D eigenvalue weighted by atomic mass is 10.1. The molecule has 0 radical (unpaired) electrons. The summed E-state index contributed by atoms with van der Waals surface area (Å²) >= 11 is 0. The first-order valence-corrected chi connectivity index (χ1v) is 12.0. The zero-order chi connectivity index (χ0) is 27.1. The number of ether oxygens (including phenoxy) is 1. The summed E-state index contributed by atoms with van der Waals surface area (Å²) in [5, 5.41) is 11.4. The van der Waals surface area contributed by atoms with E-state index >= 15 is 0 Å². The van der Waals surface area contributed by atoms with Gasteiger partial charge >= 0.3 is 12.1 Å². The molecule has 0 bridgehead atoms. The Bertz CT molecular complexity index is 1380. The maximum Gasteiger partial charge on any atom is 0.490 e. The molecule has 0 spiro atoms. The second kappa shape index (κ2) is 11.8. The number of para-hydroxylation sites is 3. The summed E-state index contributed by atoms with van der Waals surface area (Å²) in [6, 6.07) is 27.7. The van der Waals surface area contributed by atoms with Crippen molar-refractivity contribution in [1.29, 1.82) is 0 Å². The monoisotopic (exact) mass is 525 g/mol. The molecule has 1 aliphatic rings. The van der Waals surface area contributed by atoms with Crippen LogP contribution in [0.4, 0.5) is 13.2 Å². The maximum atomic E-state index is 13.8. The minimum Gasteiger partial charge on any atom is -0.475 e. The molecule has 5 rings (SSSR count). The van der Waals surface area contributed by atoms with Gasteiger partial charge in [-0.1, -0.05) is 54.6 Å². The number of carboxylic acids is 1. The normalized spacial score (nSPS) is 13.8. The molecular weight excluding hydrogens is 499 g/mol. The number of carbonyl (C=O) groups excluding carboxylic acids is 1. The average Bonchev–Trinajstić information content (AvgIpc) is 3.04. The first-order chi connectivity index (χ1) is 18.3. The smallest absolute Gasteiger partial charge is 0.475 e. The van der Waals surface area contributed by atoms with E-state index in [9.17, 15) is 18.0 Å². The number of amides is 1. The number of halogens is 3. The first kappa shape index (κ1) is 26.7. The molecule has 0 atom stereocenters.